The lowest BCUT2D eigenvalue weighted by atomic mass is 10.0. The van der Waals surface area contributed by atoms with Gasteiger partial charge in [-0.1, -0.05) is 18.2 Å². The second-order valence-electron chi connectivity index (χ2n) is 5.17. The molecule has 0 bridgehead atoms. The molecule has 24 heavy (non-hydrogen) atoms. The number of carboxylic acid groups (broad SMARTS) is 1. The Bertz CT molecular complexity index is 744. The number of carbonyl (C=O) groups is 2. The van der Waals surface area contributed by atoms with Crippen LogP contribution in [0.4, 0.5) is 13.2 Å². The molecule has 2 aromatic carbocycles. The predicted molar refractivity (Wildman–Crippen MR) is 79.7 cm³/mol. The van der Waals surface area contributed by atoms with E-state index in [9.17, 15) is 27.9 Å². The standard InChI is InChI=1S/C17H14F3NO3/c18-11-4-1-3-10(7-11)8-15(17(23)24)21-16(22)9-12-13(19)5-2-6-14(12)20/h1-7,15H,8-9H2,(H,21,22)(H,23,24)/t15-/m0/s1. The van der Waals surface area contributed by atoms with Gasteiger partial charge in [0.2, 0.25) is 5.91 Å². The van der Waals surface area contributed by atoms with Crippen molar-refractivity contribution in [2.75, 3.05) is 0 Å². The molecule has 0 radical (unpaired) electrons. The van der Waals surface area contributed by atoms with E-state index in [1.54, 1.807) is 0 Å². The van der Waals surface area contributed by atoms with Crippen LogP contribution in [0.1, 0.15) is 11.1 Å². The Morgan fingerprint density at radius 2 is 1.67 bits per heavy atom. The van der Waals surface area contributed by atoms with Crippen LogP contribution in [0.15, 0.2) is 42.5 Å². The van der Waals surface area contributed by atoms with Gasteiger partial charge in [-0.3, -0.25) is 4.79 Å². The highest BCUT2D eigenvalue weighted by Crippen LogP contribution is 2.13. The second kappa shape index (κ2) is 7.63. The molecule has 0 fully saturated rings. The number of amides is 1. The summed E-state index contributed by atoms with van der Waals surface area (Å²) in [6.45, 7) is 0. The summed E-state index contributed by atoms with van der Waals surface area (Å²) in [7, 11) is 0. The van der Waals surface area contributed by atoms with E-state index in [-0.39, 0.29) is 6.42 Å². The molecular formula is C17H14F3NO3. The average Bonchev–Trinajstić information content (AvgIpc) is 2.50. The number of carbonyl (C=O) groups excluding carboxylic acids is 1. The van der Waals surface area contributed by atoms with Gasteiger partial charge in [0, 0.05) is 12.0 Å². The van der Waals surface area contributed by atoms with Crippen LogP contribution >= 0.6 is 0 Å². The van der Waals surface area contributed by atoms with Gasteiger partial charge < -0.3 is 10.4 Å². The first-order valence-corrected chi connectivity index (χ1v) is 7.06. The first-order chi connectivity index (χ1) is 11.4. The first kappa shape index (κ1) is 17.5. The summed E-state index contributed by atoms with van der Waals surface area (Å²) in [5, 5.41) is 11.4. The molecule has 0 aliphatic rings. The van der Waals surface area contributed by atoms with E-state index >= 15 is 0 Å². The maximum Gasteiger partial charge on any atom is 0.326 e. The Morgan fingerprint density at radius 1 is 1.04 bits per heavy atom. The fraction of sp³-hybridized carbons (Fsp3) is 0.176. The topological polar surface area (TPSA) is 66.4 Å². The number of carboxylic acids is 1. The number of rotatable bonds is 6. The maximum absolute atomic E-state index is 13.5. The number of aliphatic carboxylic acids is 1. The Labute approximate surface area is 135 Å². The third-order valence-electron chi connectivity index (χ3n) is 3.36. The molecule has 2 rings (SSSR count). The Kier molecular flexibility index (Phi) is 5.57. The van der Waals surface area contributed by atoms with Crippen molar-refractivity contribution in [2.24, 2.45) is 0 Å². The summed E-state index contributed by atoms with van der Waals surface area (Å²) in [5.74, 6) is -4.48. The minimum Gasteiger partial charge on any atom is -0.480 e. The Morgan fingerprint density at radius 3 is 2.25 bits per heavy atom. The molecule has 1 atom stereocenters. The van der Waals surface area contributed by atoms with E-state index in [2.05, 4.69) is 5.32 Å². The maximum atomic E-state index is 13.5. The van der Waals surface area contributed by atoms with Gasteiger partial charge >= 0.3 is 5.97 Å². The van der Waals surface area contributed by atoms with Crippen LogP contribution in [-0.2, 0) is 22.4 Å². The number of halogens is 3. The monoisotopic (exact) mass is 337 g/mol. The molecule has 2 N–H and O–H groups in total. The minimum atomic E-state index is -1.34. The molecule has 1 amide bonds. The lowest BCUT2D eigenvalue weighted by Crippen LogP contribution is -2.43. The zero-order valence-corrected chi connectivity index (χ0v) is 12.4. The van der Waals surface area contributed by atoms with Gasteiger partial charge in [-0.2, -0.15) is 0 Å². The van der Waals surface area contributed by atoms with Crippen molar-refractivity contribution in [3.05, 3.63) is 71.0 Å². The quantitative estimate of drug-likeness (QED) is 0.851. The molecule has 126 valence electrons. The molecule has 0 saturated heterocycles. The zero-order valence-electron chi connectivity index (χ0n) is 12.4. The van der Waals surface area contributed by atoms with E-state index in [1.807, 2.05) is 0 Å². The van der Waals surface area contributed by atoms with Crippen LogP contribution in [0.5, 0.6) is 0 Å². The number of hydrogen-bond acceptors (Lipinski definition) is 2. The van der Waals surface area contributed by atoms with Crippen molar-refractivity contribution in [3.8, 4) is 0 Å². The lowest BCUT2D eigenvalue weighted by Gasteiger charge is -2.15. The van der Waals surface area contributed by atoms with Gasteiger partial charge in [0.1, 0.15) is 23.5 Å². The van der Waals surface area contributed by atoms with Crippen LogP contribution in [0.3, 0.4) is 0 Å². The molecule has 0 spiro atoms. The smallest absolute Gasteiger partial charge is 0.326 e. The summed E-state index contributed by atoms with van der Waals surface area (Å²) in [6.07, 6.45) is -0.788. The Hall–Kier alpha value is -2.83. The molecule has 4 nitrogen and oxygen atoms in total. The largest absolute Gasteiger partial charge is 0.480 e. The van der Waals surface area contributed by atoms with Gasteiger partial charge in [0.15, 0.2) is 0 Å². The SMILES string of the molecule is O=C(Cc1c(F)cccc1F)N[C@@H](Cc1cccc(F)c1)C(=O)O. The highest BCUT2D eigenvalue weighted by Gasteiger charge is 2.22. The van der Waals surface area contributed by atoms with E-state index in [4.69, 9.17) is 0 Å². The van der Waals surface area contributed by atoms with Crippen molar-refractivity contribution < 1.29 is 27.9 Å². The van der Waals surface area contributed by atoms with Gasteiger partial charge in [-0.05, 0) is 29.8 Å². The van der Waals surface area contributed by atoms with E-state index < -0.39 is 47.4 Å². The van der Waals surface area contributed by atoms with Gasteiger partial charge in [-0.15, -0.1) is 0 Å². The third-order valence-corrected chi connectivity index (χ3v) is 3.36. The summed E-state index contributed by atoms with van der Waals surface area (Å²) in [5.41, 5.74) is -0.0651. The molecule has 0 aliphatic carbocycles. The van der Waals surface area contributed by atoms with Crippen LogP contribution in [-0.4, -0.2) is 23.0 Å². The fourth-order valence-corrected chi connectivity index (χ4v) is 2.21. The lowest BCUT2D eigenvalue weighted by molar-refractivity contribution is -0.141. The van der Waals surface area contributed by atoms with Crippen molar-refractivity contribution in [3.63, 3.8) is 0 Å². The van der Waals surface area contributed by atoms with Crippen LogP contribution < -0.4 is 5.32 Å². The zero-order chi connectivity index (χ0) is 17.7. The highest BCUT2D eigenvalue weighted by molar-refractivity contribution is 5.85. The number of hydrogen-bond donors (Lipinski definition) is 2. The van der Waals surface area contributed by atoms with E-state index in [0.29, 0.717) is 5.56 Å². The summed E-state index contributed by atoms with van der Waals surface area (Å²) in [6, 6.07) is 7.13. The molecule has 0 aliphatic heterocycles. The highest BCUT2D eigenvalue weighted by atomic mass is 19.1. The van der Waals surface area contributed by atoms with Gasteiger partial charge in [0.05, 0.1) is 6.42 Å². The van der Waals surface area contributed by atoms with Crippen molar-refractivity contribution in [1.29, 1.82) is 0 Å². The van der Waals surface area contributed by atoms with Crippen molar-refractivity contribution in [1.82, 2.24) is 5.32 Å². The average molecular weight is 337 g/mol. The van der Waals surface area contributed by atoms with Crippen LogP contribution in [0, 0.1) is 17.5 Å². The van der Waals surface area contributed by atoms with Gasteiger partial charge in [-0.25, -0.2) is 18.0 Å². The second-order valence-corrected chi connectivity index (χ2v) is 5.17. The third kappa shape index (κ3) is 4.58. The van der Waals surface area contributed by atoms with Crippen LogP contribution in [0.2, 0.25) is 0 Å². The molecule has 0 unspecified atom stereocenters. The van der Waals surface area contributed by atoms with E-state index in [1.165, 1.54) is 18.2 Å². The van der Waals surface area contributed by atoms with Crippen molar-refractivity contribution in [2.45, 2.75) is 18.9 Å². The first-order valence-electron chi connectivity index (χ1n) is 7.06. The van der Waals surface area contributed by atoms with Crippen LogP contribution in [0.25, 0.3) is 0 Å². The normalized spacial score (nSPS) is 11.8. The summed E-state index contributed by atoms with van der Waals surface area (Å²) >= 11 is 0. The number of benzene rings is 2. The molecular weight excluding hydrogens is 323 g/mol. The molecule has 0 saturated carbocycles. The predicted octanol–water partition coefficient (Wildman–Crippen LogP) is 2.46. The Balaban J connectivity index is 2.07. The van der Waals surface area contributed by atoms with Gasteiger partial charge in [0.25, 0.3) is 0 Å². The minimum absolute atomic E-state index is 0.154. The van der Waals surface area contributed by atoms with E-state index in [0.717, 1.165) is 24.3 Å². The molecule has 0 heterocycles. The molecule has 0 aromatic heterocycles. The molecule has 7 heteroatoms. The summed E-state index contributed by atoms with van der Waals surface area (Å²) in [4.78, 5) is 23.2. The summed E-state index contributed by atoms with van der Waals surface area (Å²) < 4.78 is 40.2. The fourth-order valence-electron chi connectivity index (χ4n) is 2.21. The number of nitrogens with one attached hydrogen (secondary N) is 1. The van der Waals surface area contributed by atoms with Crippen molar-refractivity contribution >= 4 is 11.9 Å². The molecule has 2 aromatic rings.